The Morgan fingerprint density at radius 3 is 2.02 bits per heavy atom. The van der Waals surface area contributed by atoms with Crippen molar-refractivity contribution in [3.63, 3.8) is 0 Å². The Bertz CT molecular complexity index is 1670. The average Bonchev–Trinajstić information content (AvgIpc) is 3.01. The topological polar surface area (TPSA) is 86.8 Å². The van der Waals surface area contributed by atoms with Crippen molar-refractivity contribution in [1.82, 2.24) is 10.2 Å². The number of halogens is 3. The van der Waals surface area contributed by atoms with Gasteiger partial charge in [-0.3, -0.25) is 13.9 Å². The smallest absolute Gasteiger partial charge is 0.264 e. The van der Waals surface area contributed by atoms with Gasteiger partial charge in [0, 0.05) is 34.6 Å². The molecule has 0 heterocycles. The van der Waals surface area contributed by atoms with Gasteiger partial charge in [0.2, 0.25) is 11.8 Å². The Kier molecular flexibility index (Phi) is 11.7. The van der Waals surface area contributed by atoms with Crippen LogP contribution in [0, 0.1) is 0 Å². The third kappa shape index (κ3) is 8.54. The van der Waals surface area contributed by atoms with Crippen molar-refractivity contribution in [2.75, 3.05) is 17.4 Å². The predicted octanol–water partition coefficient (Wildman–Crippen LogP) is 7.01. The number of hydrogen-bond donors (Lipinski definition) is 1. The minimum Gasteiger partial charge on any atom is -0.354 e. The molecule has 44 heavy (non-hydrogen) atoms. The molecular formula is C33H32Cl3N3O4S. The second kappa shape index (κ2) is 15.4. The number of nitrogens with one attached hydrogen (secondary N) is 1. The number of nitrogens with zero attached hydrogens (tertiary/aromatic N) is 2. The molecule has 4 rings (SSSR count). The van der Waals surface area contributed by atoms with E-state index in [1.807, 2.05) is 37.3 Å². The minimum absolute atomic E-state index is 0.0249. The minimum atomic E-state index is -4.27. The van der Waals surface area contributed by atoms with Gasteiger partial charge in [-0.25, -0.2) is 8.42 Å². The largest absolute Gasteiger partial charge is 0.354 e. The lowest BCUT2D eigenvalue weighted by Gasteiger charge is -2.34. The van der Waals surface area contributed by atoms with Crippen molar-refractivity contribution >= 4 is 62.3 Å². The monoisotopic (exact) mass is 671 g/mol. The Hall–Kier alpha value is -3.56. The summed E-state index contributed by atoms with van der Waals surface area (Å²) in [7, 11) is -4.27. The summed E-state index contributed by atoms with van der Waals surface area (Å²) in [5.74, 6) is -0.979. The van der Waals surface area contributed by atoms with Crippen LogP contribution in [0.15, 0.2) is 108 Å². The summed E-state index contributed by atoms with van der Waals surface area (Å²) in [6.45, 7) is 1.67. The lowest BCUT2D eigenvalue weighted by atomic mass is 10.0. The van der Waals surface area contributed by atoms with Gasteiger partial charge in [0.1, 0.15) is 12.6 Å². The van der Waals surface area contributed by atoms with Crippen LogP contribution in [0.25, 0.3) is 0 Å². The maximum Gasteiger partial charge on any atom is 0.264 e. The van der Waals surface area contributed by atoms with Crippen LogP contribution in [-0.4, -0.2) is 44.3 Å². The lowest BCUT2D eigenvalue weighted by molar-refractivity contribution is -0.140. The molecular weight excluding hydrogens is 641 g/mol. The zero-order valence-corrected chi connectivity index (χ0v) is 27.1. The van der Waals surface area contributed by atoms with E-state index in [0.717, 1.165) is 9.87 Å². The van der Waals surface area contributed by atoms with Crippen LogP contribution in [0.1, 0.15) is 24.5 Å². The quantitative estimate of drug-likeness (QED) is 0.166. The van der Waals surface area contributed by atoms with Crippen LogP contribution in [0.5, 0.6) is 0 Å². The van der Waals surface area contributed by atoms with E-state index in [4.69, 9.17) is 34.8 Å². The molecule has 1 N–H and O–H groups in total. The van der Waals surface area contributed by atoms with Gasteiger partial charge >= 0.3 is 0 Å². The molecule has 0 aliphatic carbocycles. The molecule has 0 radical (unpaired) electrons. The summed E-state index contributed by atoms with van der Waals surface area (Å²) < 4.78 is 29.0. The second-order valence-corrected chi connectivity index (χ2v) is 13.2. The Labute approximate surface area is 273 Å². The van der Waals surface area contributed by atoms with Gasteiger partial charge in [0.05, 0.1) is 10.6 Å². The van der Waals surface area contributed by atoms with E-state index in [2.05, 4.69) is 5.32 Å². The highest BCUT2D eigenvalue weighted by Gasteiger charge is 2.35. The fourth-order valence-electron chi connectivity index (χ4n) is 4.66. The fourth-order valence-corrected chi connectivity index (χ4v) is 6.79. The number of benzene rings is 4. The molecule has 7 nitrogen and oxygen atoms in total. The van der Waals surface area contributed by atoms with E-state index in [-0.39, 0.29) is 39.5 Å². The van der Waals surface area contributed by atoms with Crippen molar-refractivity contribution < 1.29 is 18.0 Å². The summed E-state index contributed by atoms with van der Waals surface area (Å²) in [6.07, 6.45) is 0.891. The molecule has 0 aliphatic heterocycles. The zero-order chi connectivity index (χ0) is 31.7. The summed E-state index contributed by atoms with van der Waals surface area (Å²) in [5.41, 5.74) is 1.54. The molecule has 1 atom stereocenters. The van der Waals surface area contributed by atoms with E-state index in [1.165, 1.54) is 35.2 Å². The van der Waals surface area contributed by atoms with Crippen LogP contribution >= 0.6 is 34.8 Å². The van der Waals surface area contributed by atoms with E-state index in [9.17, 15) is 18.0 Å². The van der Waals surface area contributed by atoms with Crippen LogP contribution in [-0.2, 0) is 32.6 Å². The number of sulfonamides is 1. The van der Waals surface area contributed by atoms with Crippen LogP contribution in [0.3, 0.4) is 0 Å². The maximum atomic E-state index is 14.4. The number of anilines is 1. The van der Waals surface area contributed by atoms with Gasteiger partial charge in [-0.1, -0.05) is 108 Å². The molecule has 0 saturated carbocycles. The highest BCUT2D eigenvalue weighted by atomic mass is 35.5. The van der Waals surface area contributed by atoms with Gasteiger partial charge < -0.3 is 10.2 Å². The summed E-state index contributed by atoms with van der Waals surface area (Å²) >= 11 is 19.1. The molecule has 230 valence electrons. The van der Waals surface area contributed by atoms with Crippen LogP contribution in [0.4, 0.5) is 5.69 Å². The first-order valence-corrected chi connectivity index (χ1v) is 16.6. The van der Waals surface area contributed by atoms with Gasteiger partial charge in [0.15, 0.2) is 0 Å². The summed E-state index contributed by atoms with van der Waals surface area (Å²) in [4.78, 5) is 29.5. The number of carbonyl (C=O) groups excluding carboxylic acids is 2. The zero-order valence-electron chi connectivity index (χ0n) is 24.0. The highest BCUT2D eigenvalue weighted by Crippen LogP contribution is 2.30. The van der Waals surface area contributed by atoms with Crippen molar-refractivity contribution in [1.29, 1.82) is 0 Å². The molecule has 2 amide bonds. The van der Waals surface area contributed by atoms with Crippen molar-refractivity contribution in [3.8, 4) is 0 Å². The molecule has 0 aromatic heterocycles. The molecule has 0 saturated heterocycles. The van der Waals surface area contributed by atoms with E-state index < -0.39 is 28.5 Å². The van der Waals surface area contributed by atoms with Crippen molar-refractivity contribution in [3.05, 3.63) is 129 Å². The fraction of sp³-hybridized carbons (Fsp3) is 0.212. The Morgan fingerprint density at radius 1 is 0.818 bits per heavy atom. The molecule has 0 fully saturated rings. The molecule has 0 bridgehead atoms. The third-order valence-corrected chi connectivity index (χ3v) is 9.46. The van der Waals surface area contributed by atoms with Gasteiger partial charge in [0.25, 0.3) is 10.0 Å². The standard InChI is InChI=1S/C33H32Cl3N3O4S/c1-2-17-37-33(41)31(18-24-11-5-3-6-12-24)38(22-25-13-9-10-16-30(25)36)32(40)23-39(28-20-26(34)19-27(35)21-28)44(42,43)29-14-7-4-8-15-29/h3-16,19-21,31H,2,17-18,22-23H2,1H3,(H,37,41)/t31-/m0/s1. The molecule has 4 aromatic carbocycles. The molecule has 0 spiro atoms. The molecule has 0 aliphatic rings. The number of amides is 2. The normalized spacial score (nSPS) is 11.9. The second-order valence-electron chi connectivity index (χ2n) is 10.1. The first-order valence-electron chi connectivity index (χ1n) is 14.0. The molecule has 0 unspecified atom stereocenters. The summed E-state index contributed by atoms with van der Waals surface area (Å²) in [6, 6.07) is 27.4. The Balaban J connectivity index is 1.82. The number of carbonyl (C=O) groups is 2. The predicted molar refractivity (Wildman–Crippen MR) is 177 cm³/mol. The van der Waals surface area contributed by atoms with Crippen LogP contribution < -0.4 is 9.62 Å². The summed E-state index contributed by atoms with van der Waals surface area (Å²) in [5, 5.41) is 3.71. The van der Waals surface area contributed by atoms with Crippen LogP contribution in [0.2, 0.25) is 15.1 Å². The highest BCUT2D eigenvalue weighted by molar-refractivity contribution is 7.92. The Morgan fingerprint density at radius 2 is 1.41 bits per heavy atom. The van der Waals surface area contributed by atoms with Crippen molar-refractivity contribution in [2.24, 2.45) is 0 Å². The number of hydrogen-bond acceptors (Lipinski definition) is 4. The van der Waals surface area contributed by atoms with Gasteiger partial charge in [-0.15, -0.1) is 0 Å². The molecule has 4 aromatic rings. The van der Waals surface area contributed by atoms with Crippen molar-refractivity contribution in [2.45, 2.75) is 37.2 Å². The average molecular weight is 673 g/mol. The third-order valence-electron chi connectivity index (χ3n) is 6.86. The molecule has 11 heteroatoms. The van der Waals surface area contributed by atoms with Gasteiger partial charge in [-0.2, -0.15) is 0 Å². The lowest BCUT2D eigenvalue weighted by Crippen LogP contribution is -2.53. The van der Waals surface area contributed by atoms with Gasteiger partial charge in [-0.05, 0) is 53.9 Å². The number of rotatable bonds is 13. The van der Waals surface area contributed by atoms with E-state index in [1.54, 1.807) is 42.5 Å². The first kappa shape index (κ1) is 33.3. The first-order chi connectivity index (χ1) is 21.1. The van der Waals surface area contributed by atoms with E-state index in [0.29, 0.717) is 23.6 Å². The SMILES string of the molecule is CCCNC(=O)[C@H](Cc1ccccc1)N(Cc1ccccc1Cl)C(=O)CN(c1cc(Cl)cc(Cl)c1)S(=O)(=O)c1ccccc1. The maximum absolute atomic E-state index is 14.4. The van der Waals surface area contributed by atoms with E-state index >= 15 is 0 Å².